The number of nitrogens with one attached hydrogen (secondary N) is 2. The molecule has 2 amide bonds. The maximum absolute atomic E-state index is 13.3. The number of benzene rings is 2. The van der Waals surface area contributed by atoms with Crippen molar-refractivity contribution in [2.24, 2.45) is 0 Å². The number of hydrogen-bond acceptors (Lipinski definition) is 3. The first-order valence-corrected chi connectivity index (χ1v) is 7.67. The third-order valence-electron chi connectivity index (χ3n) is 3.51. The molecule has 2 N–H and O–H groups in total. The molecule has 134 valence electrons. The Hall–Kier alpha value is -2.54. The number of urea groups is 1. The number of carbonyl (C=O) groups excluding carboxylic acids is 1. The molecule has 0 radical (unpaired) electrons. The van der Waals surface area contributed by atoms with Crippen molar-refractivity contribution in [3.8, 4) is 11.5 Å². The average Bonchev–Trinajstić information content (AvgIpc) is 2.58. The Bertz CT molecular complexity index is 787. The van der Waals surface area contributed by atoms with Crippen molar-refractivity contribution in [3.63, 3.8) is 0 Å². The van der Waals surface area contributed by atoms with Crippen LogP contribution in [0.5, 0.6) is 11.5 Å². The number of carbonyl (C=O) groups is 1. The highest BCUT2D eigenvalue weighted by Crippen LogP contribution is 2.35. The summed E-state index contributed by atoms with van der Waals surface area (Å²) in [7, 11) is 2.88. The number of hydrogen-bond donors (Lipinski definition) is 2. The van der Waals surface area contributed by atoms with Crippen LogP contribution in [-0.2, 0) is 0 Å². The van der Waals surface area contributed by atoms with Crippen LogP contribution >= 0.6 is 11.6 Å². The zero-order valence-electron chi connectivity index (χ0n) is 13.8. The molecule has 5 nitrogen and oxygen atoms in total. The number of methoxy groups -OCH3 is 2. The second-order valence-corrected chi connectivity index (χ2v) is 5.59. The van der Waals surface area contributed by atoms with Gasteiger partial charge in [0, 0.05) is 12.1 Å². The fourth-order valence-corrected chi connectivity index (χ4v) is 2.41. The van der Waals surface area contributed by atoms with Gasteiger partial charge in [-0.1, -0.05) is 17.7 Å². The zero-order chi connectivity index (χ0) is 18.6. The van der Waals surface area contributed by atoms with Gasteiger partial charge in [0.1, 0.15) is 11.5 Å². The third kappa shape index (κ3) is 4.51. The van der Waals surface area contributed by atoms with Crippen LogP contribution in [-0.4, -0.2) is 20.3 Å². The van der Waals surface area contributed by atoms with E-state index in [0.29, 0.717) is 27.8 Å². The van der Waals surface area contributed by atoms with Crippen molar-refractivity contribution >= 4 is 23.3 Å². The SMILES string of the molecule is COc1cc(NC(=O)N[C@H](C)c2ccc(F)c(F)c2)c(OC)cc1Cl. The molecule has 0 aliphatic carbocycles. The number of ether oxygens (including phenoxy) is 2. The Balaban J connectivity index is 2.12. The van der Waals surface area contributed by atoms with Crippen LogP contribution in [0, 0.1) is 11.6 Å². The van der Waals surface area contributed by atoms with Gasteiger partial charge in [-0.25, -0.2) is 13.6 Å². The summed E-state index contributed by atoms with van der Waals surface area (Å²) in [6, 6.07) is 5.36. The average molecular weight is 371 g/mol. The summed E-state index contributed by atoms with van der Waals surface area (Å²) in [6.45, 7) is 1.64. The van der Waals surface area contributed by atoms with Crippen molar-refractivity contribution in [2.45, 2.75) is 13.0 Å². The van der Waals surface area contributed by atoms with Gasteiger partial charge >= 0.3 is 6.03 Å². The van der Waals surface area contributed by atoms with E-state index in [0.717, 1.165) is 12.1 Å². The third-order valence-corrected chi connectivity index (χ3v) is 3.81. The molecule has 0 aromatic heterocycles. The number of rotatable bonds is 5. The Kier molecular flexibility index (Phi) is 6.03. The first-order valence-electron chi connectivity index (χ1n) is 7.29. The Morgan fingerprint density at radius 2 is 1.76 bits per heavy atom. The van der Waals surface area contributed by atoms with E-state index in [1.807, 2.05) is 0 Å². The standard InChI is InChI=1S/C17H17ClF2N2O3/c1-9(10-4-5-12(19)13(20)6-10)21-17(23)22-14-8-15(24-2)11(18)7-16(14)25-3/h4-9H,1-3H3,(H2,21,22,23)/t9-/m1/s1. The number of amides is 2. The first-order chi connectivity index (χ1) is 11.8. The van der Waals surface area contributed by atoms with Crippen molar-refractivity contribution < 1.29 is 23.0 Å². The molecule has 0 aliphatic rings. The zero-order valence-corrected chi connectivity index (χ0v) is 14.6. The highest BCUT2D eigenvalue weighted by atomic mass is 35.5. The fourth-order valence-electron chi connectivity index (χ4n) is 2.18. The quantitative estimate of drug-likeness (QED) is 0.813. The number of anilines is 1. The Labute approximate surface area is 148 Å². The maximum Gasteiger partial charge on any atom is 0.319 e. The summed E-state index contributed by atoms with van der Waals surface area (Å²) in [5.41, 5.74) is 0.772. The molecule has 0 aliphatic heterocycles. The molecule has 1 atom stereocenters. The fraction of sp³-hybridized carbons (Fsp3) is 0.235. The lowest BCUT2D eigenvalue weighted by Crippen LogP contribution is -2.31. The normalized spacial score (nSPS) is 11.6. The van der Waals surface area contributed by atoms with Gasteiger partial charge < -0.3 is 20.1 Å². The summed E-state index contributed by atoms with van der Waals surface area (Å²) in [5.74, 6) is -1.21. The Morgan fingerprint density at radius 3 is 2.36 bits per heavy atom. The molecule has 0 spiro atoms. The molecule has 8 heteroatoms. The molecule has 0 heterocycles. The molecule has 25 heavy (non-hydrogen) atoms. The minimum Gasteiger partial charge on any atom is -0.495 e. The topological polar surface area (TPSA) is 59.6 Å². The van der Waals surface area contributed by atoms with Crippen LogP contribution < -0.4 is 20.1 Å². The van der Waals surface area contributed by atoms with Gasteiger partial charge in [-0.2, -0.15) is 0 Å². The van der Waals surface area contributed by atoms with Crippen molar-refractivity contribution in [1.82, 2.24) is 5.32 Å². The second-order valence-electron chi connectivity index (χ2n) is 5.18. The van der Waals surface area contributed by atoms with E-state index in [2.05, 4.69) is 10.6 Å². The molecule has 0 fully saturated rings. The lowest BCUT2D eigenvalue weighted by Gasteiger charge is -2.17. The molecule has 0 saturated carbocycles. The van der Waals surface area contributed by atoms with Crippen molar-refractivity contribution in [2.75, 3.05) is 19.5 Å². The molecule has 2 aromatic carbocycles. The van der Waals surface area contributed by atoms with Gasteiger partial charge in [0.05, 0.1) is 31.0 Å². The van der Waals surface area contributed by atoms with Crippen LogP contribution in [0.2, 0.25) is 5.02 Å². The van der Waals surface area contributed by atoms with E-state index in [9.17, 15) is 13.6 Å². The van der Waals surface area contributed by atoms with Gasteiger partial charge in [-0.05, 0) is 24.6 Å². The molecule has 0 saturated heterocycles. The number of halogens is 3. The molecule has 0 bridgehead atoms. The summed E-state index contributed by atoms with van der Waals surface area (Å²) in [5, 5.41) is 5.57. The van der Waals surface area contributed by atoms with E-state index < -0.39 is 23.7 Å². The molecular weight excluding hydrogens is 354 g/mol. The van der Waals surface area contributed by atoms with E-state index in [4.69, 9.17) is 21.1 Å². The molecule has 2 rings (SSSR count). The lowest BCUT2D eigenvalue weighted by atomic mass is 10.1. The highest BCUT2D eigenvalue weighted by molar-refractivity contribution is 6.32. The van der Waals surface area contributed by atoms with Gasteiger partial charge in [0.25, 0.3) is 0 Å². The minimum atomic E-state index is -0.976. The minimum absolute atomic E-state index is 0.334. The predicted molar refractivity (Wildman–Crippen MR) is 91.5 cm³/mol. The van der Waals surface area contributed by atoms with E-state index >= 15 is 0 Å². The van der Waals surface area contributed by atoms with E-state index in [1.165, 1.54) is 32.4 Å². The second kappa shape index (κ2) is 8.02. The summed E-state index contributed by atoms with van der Waals surface area (Å²) in [6.07, 6.45) is 0. The van der Waals surface area contributed by atoms with E-state index in [-0.39, 0.29) is 0 Å². The highest BCUT2D eigenvalue weighted by Gasteiger charge is 2.15. The van der Waals surface area contributed by atoms with Crippen LogP contribution in [0.4, 0.5) is 19.3 Å². The lowest BCUT2D eigenvalue weighted by molar-refractivity contribution is 0.249. The summed E-state index contributed by atoms with van der Waals surface area (Å²) < 4.78 is 36.6. The van der Waals surface area contributed by atoms with Crippen LogP contribution in [0.15, 0.2) is 30.3 Å². The van der Waals surface area contributed by atoms with Crippen LogP contribution in [0.25, 0.3) is 0 Å². The van der Waals surface area contributed by atoms with Gasteiger partial charge in [0.15, 0.2) is 11.6 Å². The van der Waals surface area contributed by atoms with Gasteiger partial charge in [-0.3, -0.25) is 0 Å². The predicted octanol–water partition coefficient (Wildman–Crippen LogP) is 4.52. The molecule has 2 aromatic rings. The van der Waals surface area contributed by atoms with Gasteiger partial charge in [-0.15, -0.1) is 0 Å². The first kappa shape index (κ1) is 18.8. The summed E-state index contributed by atoms with van der Waals surface area (Å²) in [4.78, 5) is 12.2. The van der Waals surface area contributed by atoms with E-state index in [1.54, 1.807) is 6.92 Å². The molecular formula is C17H17ClF2N2O3. The van der Waals surface area contributed by atoms with Crippen LogP contribution in [0.3, 0.4) is 0 Å². The maximum atomic E-state index is 13.3. The largest absolute Gasteiger partial charge is 0.495 e. The van der Waals surface area contributed by atoms with Crippen molar-refractivity contribution in [1.29, 1.82) is 0 Å². The summed E-state index contributed by atoms with van der Waals surface area (Å²) >= 11 is 6.01. The van der Waals surface area contributed by atoms with Crippen molar-refractivity contribution in [3.05, 3.63) is 52.6 Å². The molecule has 0 unspecified atom stereocenters. The van der Waals surface area contributed by atoms with Crippen LogP contribution in [0.1, 0.15) is 18.5 Å². The van der Waals surface area contributed by atoms with Gasteiger partial charge in [0.2, 0.25) is 0 Å². The Morgan fingerprint density at radius 1 is 1.08 bits per heavy atom. The smallest absolute Gasteiger partial charge is 0.319 e. The monoisotopic (exact) mass is 370 g/mol.